The largest absolute Gasteiger partial charge is 0.379 e. The molecular weight excluding hydrogens is 410 g/mol. The molecule has 2 saturated heterocycles. The summed E-state index contributed by atoms with van der Waals surface area (Å²) in [4.78, 5) is 41.0. The summed E-state index contributed by atoms with van der Waals surface area (Å²) in [6, 6.07) is 10.9. The molecule has 0 aliphatic carbocycles. The van der Waals surface area contributed by atoms with Gasteiger partial charge in [-0.05, 0) is 36.8 Å². The molecule has 1 aromatic heterocycles. The molecule has 0 radical (unpaired) electrons. The Kier molecular flexibility index (Phi) is 6.87. The highest BCUT2D eigenvalue weighted by Crippen LogP contribution is 2.24. The molecule has 4 rings (SSSR count). The Morgan fingerprint density at radius 3 is 2.59 bits per heavy atom. The van der Waals surface area contributed by atoms with Crippen molar-refractivity contribution < 1.29 is 19.1 Å². The van der Waals surface area contributed by atoms with Gasteiger partial charge in [-0.2, -0.15) is 0 Å². The van der Waals surface area contributed by atoms with E-state index in [4.69, 9.17) is 4.74 Å². The number of nitrogens with zero attached hydrogens (tertiary/aromatic N) is 3. The second-order valence-electron chi connectivity index (χ2n) is 8.07. The van der Waals surface area contributed by atoms with E-state index in [9.17, 15) is 14.4 Å². The van der Waals surface area contributed by atoms with Crippen molar-refractivity contribution in [1.29, 1.82) is 0 Å². The summed E-state index contributed by atoms with van der Waals surface area (Å²) in [5, 5.41) is 5.42. The zero-order valence-electron chi connectivity index (χ0n) is 18.3. The molecule has 2 fully saturated rings. The van der Waals surface area contributed by atoms with Gasteiger partial charge in [-0.15, -0.1) is 0 Å². The van der Waals surface area contributed by atoms with E-state index in [1.165, 1.54) is 0 Å². The first-order valence-electron chi connectivity index (χ1n) is 11.0. The highest BCUT2D eigenvalue weighted by Gasteiger charge is 2.26. The zero-order chi connectivity index (χ0) is 22.5. The van der Waals surface area contributed by atoms with Gasteiger partial charge in [-0.1, -0.05) is 6.07 Å². The number of hydrogen-bond acceptors (Lipinski definition) is 5. The number of carbonyl (C=O) groups excluding carboxylic acids is 3. The van der Waals surface area contributed by atoms with E-state index >= 15 is 0 Å². The summed E-state index contributed by atoms with van der Waals surface area (Å²) in [7, 11) is 1.97. The van der Waals surface area contributed by atoms with Crippen LogP contribution in [0.25, 0.3) is 0 Å². The van der Waals surface area contributed by atoms with E-state index in [2.05, 4.69) is 15.5 Å². The van der Waals surface area contributed by atoms with Crippen molar-refractivity contribution in [1.82, 2.24) is 14.8 Å². The van der Waals surface area contributed by atoms with Crippen LogP contribution in [0.4, 0.5) is 11.4 Å². The molecule has 1 aromatic carbocycles. The number of anilines is 2. The van der Waals surface area contributed by atoms with Crippen LogP contribution in [0.2, 0.25) is 0 Å². The molecule has 0 unspecified atom stereocenters. The number of morpholine rings is 1. The first-order valence-corrected chi connectivity index (χ1v) is 11.0. The van der Waals surface area contributed by atoms with Crippen LogP contribution in [0, 0.1) is 0 Å². The summed E-state index contributed by atoms with van der Waals surface area (Å²) in [6.07, 6.45) is 3.32. The molecule has 2 N–H and O–H groups in total. The first-order chi connectivity index (χ1) is 15.5. The monoisotopic (exact) mass is 439 g/mol. The van der Waals surface area contributed by atoms with Gasteiger partial charge in [0.05, 0.1) is 19.3 Å². The minimum atomic E-state index is -0.734. The normalized spacial score (nSPS) is 17.9. The van der Waals surface area contributed by atoms with Gasteiger partial charge in [0.1, 0.15) is 0 Å². The molecule has 3 amide bonds. The number of aromatic nitrogens is 1. The second-order valence-corrected chi connectivity index (χ2v) is 8.07. The number of benzene rings is 1. The predicted octanol–water partition coefficient (Wildman–Crippen LogP) is 1.28. The van der Waals surface area contributed by atoms with Gasteiger partial charge in [-0.3, -0.25) is 19.3 Å². The van der Waals surface area contributed by atoms with E-state index in [1.807, 2.05) is 36.0 Å². The molecule has 0 bridgehead atoms. The molecular formula is C23H29N5O4. The molecule has 3 heterocycles. The van der Waals surface area contributed by atoms with Crippen molar-refractivity contribution in [3.05, 3.63) is 48.3 Å². The highest BCUT2D eigenvalue weighted by molar-refractivity contribution is 6.39. The van der Waals surface area contributed by atoms with E-state index in [-0.39, 0.29) is 11.9 Å². The van der Waals surface area contributed by atoms with Gasteiger partial charge in [0.25, 0.3) is 0 Å². The molecule has 9 heteroatoms. The van der Waals surface area contributed by atoms with Crippen LogP contribution >= 0.6 is 0 Å². The van der Waals surface area contributed by atoms with Crippen LogP contribution in [0.15, 0.2) is 42.6 Å². The Morgan fingerprint density at radius 1 is 1.09 bits per heavy atom. The molecule has 2 aromatic rings. The van der Waals surface area contributed by atoms with Crippen molar-refractivity contribution in [3.8, 4) is 0 Å². The number of hydrogen-bond donors (Lipinski definition) is 2. The van der Waals surface area contributed by atoms with Gasteiger partial charge in [0, 0.05) is 62.9 Å². The smallest absolute Gasteiger partial charge is 0.313 e. The lowest BCUT2D eigenvalue weighted by atomic mass is 10.1. The standard InChI is InChI=1S/C23H29N5O4/c1-26-9-3-7-19(26)20(27-11-13-32-14-12-27)16-24-22(30)23(31)25-17-5-2-6-18(15-17)28-10-4-8-21(28)29/h2-3,5-7,9,15,20H,4,8,10-14,16H2,1H3,(H,24,30)(H,25,31)/t20-/m1/s1. The van der Waals surface area contributed by atoms with E-state index in [1.54, 1.807) is 23.1 Å². The molecule has 0 spiro atoms. The summed E-state index contributed by atoms with van der Waals surface area (Å²) in [6.45, 7) is 3.79. The lowest BCUT2D eigenvalue weighted by Crippen LogP contribution is -2.46. The van der Waals surface area contributed by atoms with E-state index < -0.39 is 11.8 Å². The lowest BCUT2D eigenvalue weighted by molar-refractivity contribution is -0.136. The van der Waals surface area contributed by atoms with Gasteiger partial charge in [-0.25, -0.2) is 0 Å². The maximum absolute atomic E-state index is 12.5. The maximum atomic E-state index is 12.5. The summed E-state index contributed by atoms with van der Waals surface area (Å²) >= 11 is 0. The third kappa shape index (κ3) is 5.00. The Bertz CT molecular complexity index is 982. The summed E-state index contributed by atoms with van der Waals surface area (Å²) in [5.74, 6) is -1.36. The summed E-state index contributed by atoms with van der Waals surface area (Å²) < 4.78 is 7.48. The Hall–Kier alpha value is -3.17. The van der Waals surface area contributed by atoms with Gasteiger partial charge >= 0.3 is 11.8 Å². The van der Waals surface area contributed by atoms with Crippen LogP contribution < -0.4 is 15.5 Å². The number of ether oxygens (including phenoxy) is 1. The number of rotatable bonds is 6. The fraction of sp³-hybridized carbons (Fsp3) is 0.435. The quantitative estimate of drug-likeness (QED) is 0.661. The van der Waals surface area contributed by atoms with Crippen molar-refractivity contribution in [2.45, 2.75) is 18.9 Å². The minimum Gasteiger partial charge on any atom is -0.379 e. The average Bonchev–Trinajstić information content (AvgIpc) is 3.43. The van der Waals surface area contributed by atoms with Crippen LogP contribution in [0.3, 0.4) is 0 Å². The zero-order valence-corrected chi connectivity index (χ0v) is 18.3. The Morgan fingerprint density at radius 2 is 1.91 bits per heavy atom. The third-order valence-corrected chi connectivity index (χ3v) is 5.96. The molecule has 32 heavy (non-hydrogen) atoms. The fourth-order valence-electron chi connectivity index (χ4n) is 4.26. The molecule has 1 atom stereocenters. The second kappa shape index (κ2) is 9.97. The topological polar surface area (TPSA) is 95.9 Å². The molecule has 0 saturated carbocycles. The van der Waals surface area contributed by atoms with Crippen LogP contribution in [0.1, 0.15) is 24.6 Å². The van der Waals surface area contributed by atoms with Crippen molar-refractivity contribution in [2.75, 3.05) is 49.6 Å². The van der Waals surface area contributed by atoms with E-state index in [0.717, 1.165) is 30.9 Å². The summed E-state index contributed by atoms with van der Waals surface area (Å²) in [5.41, 5.74) is 2.27. The van der Waals surface area contributed by atoms with Gasteiger partial charge in [0.15, 0.2) is 0 Å². The van der Waals surface area contributed by atoms with Crippen molar-refractivity contribution in [3.63, 3.8) is 0 Å². The third-order valence-electron chi connectivity index (χ3n) is 5.96. The number of aryl methyl sites for hydroxylation is 1. The Balaban J connectivity index is 1.38. The van der Waals surface area contributed by atoms with Crippen LogP contribution in [0.5, 0.6) is 0 Å². The first kappa shape index (κ1) is 22.0. The van der Waals surface area contributed by atoms with Gasteiger partial charge in [0.2, 0.25) is 5.91 Å². The van der Waals surface area contributed by atoms with Crippen LogP contribution in [-0.4, -0.2) is 66.6 Å². The fourth-order valence-corrected chi connectivity index (χ4v) is 4.26. The van der Waals surface area contributed by atoms with E-state index in [0.29, 0.717) is 38.4 Å². The van der Waals surface area contributed by atoms with Crippen LogP contribution in [-0.2, 0) is 26.2 Å². The molecule has 9 nitrogen and oxygen atoms in total. The lowest BCUT2D eigenvalue weighted by Gasteiger charge is -2.34. The Labute approximate surface area is 187 Å². The molecule has 2 aliphatic heterocycles. The van der Waals surface area contributed by atoms with Gasteiger partial charge < -0.3 is 24.8 Å². The molecule has 170 valence electrons. The highest BCUT2D eigenvalue weighted by atomic mass is 16.5. The number of carbonyl (C=O) groups is 3. The predicted molar refractivity (Wildman–Crippen MR) is 120 cm³/mol. The van der Waals surface area contributed by atoms with Crippen molar-refractivity contribution in [2.24, 2.45) is 7.05 Å². The number of nitrogens with one attached hydrogen (secondary N) is 2. The minimum absolute atomic E-state index is 0.0554. The maximum Gasteiger partial charge on any atom is 0.313 e. The average molecular weight is 440 g/mol. The van der Waals surface area contributed by atoms with Crippen molar-refractivity contribution >= 4 is 29.1 Å². The SMILES string of the molecule is Cn1cccc1[C@@H](CNC(=O)C(=O)Nc1cccc(N2CCCC2=O)c1)N1CCOCC1. The number of amides is 3. The molecule has 2 aliphatic rings.